The summed E-state index contributed by atoms with van der Waals surface area (Å²) in [6.07, 6.45) is 0.730. The number of aromatic nitrogens is 2. The van der Waals surface area contributed by atoms with Gasteiger partial charge in [0, 0.05) is 30.4 Å². The lowest BCUT2D eigenvalue weighted by molar-refractivity contribution is -0.114. The fourth-order valence-corrected chi connectivity index (χ4v) is 3.20. The van der Waals surface area contributed by atoms with E-state index in [1.165, 1.54) is 6.92 Å². The molecule has 2 amide bonds. The lowest BCUT2D eigenvalue weighted by Crippen LogP contribution is -2.26. The summed E-state index contributed by atoms with van der Waals surface area (Å²) in [4.78, 5) is 23.7. The molecule has 29 heavy (non-hydrogen) atoms. The fraction of sp³-hybridized carbons (Fsp3) is 0.261. The maximum Gasteiger partial charge on any atom is 0.251 e. The largest absolute Gasteiger partial charge is 0.352 e. The molecule has 0 unspecified atom stereocenters. The molecule has 3 aromatic rings. The van der Waals surface area contributed by atoms with Gasteiger partial charge in [0.1, 0.15) is 0 Å². The molecule has 0 aliphatic rings. The molecule has 0 bridgehead atoms. The van der Waals surface area contributed by atoms with Crippen molar-refractivity contribution in [3.8, 4) is 5.69 Å². The first-order valence-corrected chi connectivity index (χ1v) is 9.62. The van der Waals surface area contributed by atoms with Crippen molar-refractivity contribution in [2.75, 3.05) is 11.9 Å². The van der Waals surface area contributed by atoms with Crippen LogP contribution in [0.15, 0.2) is 48.5 Å². The van der Waals surface area contributed by atoms with Crippen LogP contribution in [0.3, 0.4) is 0 Å². The van der Waals surface area contributed by atoms with Gasteiger partial charge < -0.3 is 10.6 Å². The highest BCUT2D eigenvalue weighted by molar-refractivity contribution is 5.97. The predicted octanol–water partition coefficient (Wildman–Crippen LogP) is 3.73. The van der Waals surface area contributed by atoms with E-state index in [1.54, 1.807) is 12.1 Å². The van der Waals surface area contributed by atoms with Crippen LogP contribution in [-0.2, 0) is 11.2 Å². The molecule has 0 fully saturated rings. The van der Waals surface area contributed by atoms with Gasteiger partial charge in [-0.3, -0.25) is 9.59 Å². The third-order valence-corrected chi connectivity index (χ3v) is 4.70. The van der Waals surface area contributed by atoms with Gasteiger partial charge in [-0.25, -0.2) is 4.68 Å². The van der Waals surface area contributed by atoms with Crippen LogP contribution in [0.2, 0.25) is 0 Å². The van der Waals surface area contributed by atoms with E-state index in [0.29, 0.717) is 17.8 Å². The number of hydrogen-bond donors (Lipinski definition) is 2. The fourth-order valence-electron chi connectivity index (χ4n) is 3.20. The second kappa shape index (κ2) is 8.73. The summed E-state index contributed by atoms with van der Waals surface area (Å²) in [5.41, 5.74) is 6.35. The van der Waals surface area contributed by atoms with Gasteiger partial charge in [0.2, 0.25) is 5.91 Å². The van der Waals surface area contributed by atoms with Crippen LogP contribution in [0.25, 0.3) is 5.69 Å². The molecule has 6 nitrogen and oxygen atoms in total. The molecule has 0 spiro atoms. The Labute approximate surface area is 170 Å². The number of nitrogens with zero attached hydrogens (tertiary/aromatic N) is 2. The van der Waals surface area contributed by atoms with E-state index in [2.05, 4.69) is 27.9 Å². The molecule has 1 aromatic heterocycles. The highest BCUT2D eigenvalue weighted by atomic mass is 16.2. The standard InChI is InChI=1S/C23H26N4O2/c1-15-5-8-20(14-22(15)25-18(4)28)23(29)24-12-11-19-6-9-21(10-7-19)27-17(3)13-16(2)26-27/h5-10,13-14H,11-12H2,1-4H3,(H,24,29)(H,25,28). The SMILES string of the molecule is CC(=O)Nc1cc(C(=O)NCCc2ccc(-n3nc(C)cc3C)cc2)ccc1C. The summed E-state index contributed by atoms with van der Waals surface area (Å²) in [5.74, 6) is -0.314. The van der Waals surface area contributed by atoms with Crippen molar-refractivity contribution in [1.82, 2.24) is 15.1 Å². The Kier molecular flexibility index (Phi) is 6.12. The molecule has 2 N–H and O–H groups in total. The van der Waals surface area contributed by atoms with Crippen molar-refractivity contribution in [2.24, 2.45) is 0 Å². The van der Waals surface area contributed by atoms with E-state index in [-0.39, 0.29) is 11.8 Å². The molecule has 0 aliphatic carbocycles. The number of anilines is 1. The molecular weight excluding hydrogens is 364 g/mol. The minimum Gasteiger partial charge on any atom is -0.352 e. The normalized spacial score (nSPS) is 10.6. The van der Waals surface area contributed by atoms with Gasteiger partial charge in [-0.2, -0.15) is 5.10 Å². The van der Waals surface area contributed by atoms with Crippen molar-refractivity contribution in [2.45, 2.75) is 34.1 Å². The number of carbonyl (C=O) groups is 2. The molecule has 0 aliphatic heterocycles. The minimum atomic E-state index is -0.158. The van der Waals surface area contributed by atoms with Crippen molar-refractivity contribution >= 4 is 17.5 Å². The van der Waals surface area contributed by atoms with E-state index >= 15 is 0 Å². The second-order valence-electron chi connectivity index (χ2n) is 7.22. The number of hydrogen-bond acceptors (Lipinski definition) is 3. The minimum absolute atomic E-state index is 0.157. The van der Waals surface area contributed by atoms with Gasteiger partial charge >= 0.3 is 0 Å². The average Bonchev–Trinajstić information content (AvgIpc) is 3.01. The molecule has 0 atom stereocenters. The summed E-state index contributed by atoms with van der Waals surface area (Å²) in [5, 5.41) is 10.2. The van der Waals surface area contributed by atoms with E-state index in [0.717, 1.165) is 34.6 Å². The zero-order chi connectivity index (χ0) is 21.0. The molecule has 0 saturated carbocycles. The molecule has 0 saturated heterocycles. The van der Waals surface area contributed by atoms with Crippen LogP contribution in [0.4, 0.5) is 5.69 Å². The first-order valence-electron chi connectivity index (χ1n) is 9.62. The molecule has 150 valence electrons. The third kappa shape index (κ3) is 5.10. The topological polar surface area (TPSA) is 76.0 Å². The molecule has 2 aromatic carbocycles. The third-order valence-electron chi connectivity index (χ3n) is 4.70. The van der Waals surface area contributed by atoms with Gasteiger partial charge in [0.25, 0.3) is 5.91 Å². The summed E-state index contributed by atoms with van der Waals surface area (Å²) >= 11 is 0. The summed E-state index contributed by atoms with van der Waals surface area (Å²) in [6, 6.07) is 15.5. The van der Waals surface area contributed by atoms with Crippen molar-refractivity contribution in [3.05, 3.63) is 76.6 Å². The van der Waals surface area contributed by atoms with Crippen LogP contribution in [0.5, 0.6) is 0 Å². The van der Waals surface area contributed by atoms with Gasteiger partial charge in [-0.15, -0.1) is 0 Å². The average molecular weight is 390 g/mol. The summed E-state index contributed by atoms with van der Waals surface area (Å²) < 4.78 is 1.92. The zero-order valence-electron chi connectivity index (χ0n) is 17.2. The van der Waals surface area contributed by atoms with Crippen LogP contribution >= 0.6 is 0 Å². The number of rotatable bonds is 6. The molecular formula is C23H26N4O2. The number of amides is 2. The van der Waals surface area contributed by atoms with Crippen LogP contribution in [-0.4, -0.2) is 28.1 Å². The molecule has 3 rings (SSSR count). The van der Waals surface area contributed by atoms with E-state index in [1.807, 2.05) is 49.7 Å². The lowest BCUT2D eigenvalue weighted by atomic mass is 10.1. The molecule has 0 radical (unpaired) electrons. The molecule has 6 heteroatoms. The van der Waals surface area contributed by atoms with E-state index in [9.17, 15) is 9.59 Å². The van der Waals surface area contributed by atoms with Gasteiger partial charge in [-0.05, 0) is 68.7 Å². The Morgan fingerprint density at radius 1 is 1.00 bits per heavy atom. The lowest BCUT2D eigenvalue weighted by Gasteiger charge is -2.10. The van der Waals surface area contributed by atoms with Crippen LogP contribution in [0, 0.1) is 20.8 Å². The Morgan fingerprint density at radius 3 is 2.34 bits per heavy atom. The quantitative estimate of drug-likeness (QED) is 0.673. The van der Waals surface area contributed by atoms with Gasteiger partial charge in [0.15, 0.2) is 0 Å². The monoisotopic (exact) mass is 390 g/mol. The highest BCUT2D eigenvalue weighted by Crippen LogP contribution is 2.17. The van der Waals surface area contributed by atoms with Gasteiger partial charge in [-0.1, -0.05) is 18.2 Å². The number of carbonyl (C=O) groups excluding carboxylic acids is 2. The summed E-state index contributed by atoms with van der Waals surface area (Å²) in [6.45, 7) is 7.88. The number of aryl methyl sites for hydroxylation is 3. The Balaban J connectivity index is 1.58. The van der Waals surface area contributed by atoms with E-state index in [4.69, 9.17) is 0 Å². The molecule has 1 heterocycles. The van der Waals surface area contributed by atoms with Crippen molar-refractivity contribution < 1.29 is 9.59 Å². The highest BCUT2D eigenvalue weighted by Gasteiger charge is 2.09. The smallest absolute Gasteiger partial charge is 0.251 e. The Bertz CT molecular complexity index is 1040. The maximum atomic E-state index is 12.4. The van der Waals surface area contributed by atoms with Crippen molar-refractivity contribution in [1.29, 1.82) is 0 Å². The zero-order valence-corrected chi connectivity index (χ0v) is 17.2. The second-order valence-corrected chi connectivity index (χ2v) is 7.22. The van der Waals surface area contributed by atoms with Crippen molar-refractivity contribution in [3.63, 3.8) is 0 Å². The number of nitrogens with one attached hydrogen (secondary N) is 2. The first-order chi connectivity index (χ1) is 13.8. The maximum absolute atomic E-state index is 12.4. The summed E-state index contributed by atoms with van der Waals surface area (Å²) in [7, 11) is 0. The van der Waals surface area contributed by atoms with Crippen LogP contribution in [0.1, 0.15) is 39.8 Å². The van der Waals surface area contributed by atoms with E-state index < -0.39 is 0 Å². The van der Waals surface area contributed by atoms with Crippen LogP contribution < -0.4 is 10.6 Å². The first kappa shape index (κ1) is 20.3. The predicted molar refractivity (Wildman–Crippen MR) is 115 cm³/mol. The Hall–Kier alpha value is -3.41. The Morgan fingerprint density at radius 2 is 1.72 bits per heavy atom. The number of benzene rings is 2. The van der Waals surface area contributed by atoms with Gasteiger partial charge in [0.05, 0.1) is 11.4 Å².